The largest absolute Gasteiger partial charge is 0.423 e. The molecule has 0 atom stereocenters. The van der Waals surface area contributed by atoms with Gasteiger partial charge in [-0.1, -0.05) is 29.8 Å². The van der Waals surface area contributed by atoms with E-state index in [2.05, 4.69) is 0 Å². The molecule has 0 fully saturated rings. The minimum Gasteiger partial charge on any atom is -0.423 e. The Balaban J connectivity index is 2.14. The van der Waals surface area contributed by atoms with Crippen LogP contribution in [0.25, 0.3) is 6.08 Å². The molecule has 2 aromatic carbocycles. The van der Waals surface area contributed by atoms with Gasteiger partial charge in [-0.2, -0.15) is 0 Å². The predicted octanol–water partition coefficient (Wildman–Crippen LogP) is 3.33. The van der Waals surface area contributed by atoms with Gasteiger partial charge in [0.25, 0.3) is 0 Å². The van der Waals surface area contributed by atoms with Crippen molar-refractivity contribution in [1.29, 1.82) is 0 Å². The van der Waals surface area contributed by atoms with Gasteiger partial charge in [-0.3, -0.25) is 4.79 Å². The van der Waals surface area contributed by atoms with Gasteiger partial charge in [0.2, 0.25) is 5.91 Å². The highest BCUT2D eigenvalue weighted by atomic mass is 16.5. The molecule has 0 aliphatic rings. The quantitative estimate of drug-likeness (QED) is 0.535. The third kappa shape index (κ3) is 4.30. The maximum Gasteiger partial charge on any atom is 0.336 e. The summed E-state index contributed by atoms with van der Waals surface area (Å²) >= 11 is 0. The second-order valence-electron chi connectivity index (χ2n) is 5.46. The summed E-state index contributed by atoms with van der Waals surface area (Å²) in [7, 11) is 0. The van der Waals surface area contributed by atoms with Crippen LogP contribution in [0.3, 0.4) is 0 Å². The Morgan fingerprint density at radius 3 is 2.39 bits per heavy atom. The molecule has 2 N–H and O–H groups in total. The fourth-order valence-electron chi connectivity index (χ4n) is 2.18. The van der Waals surface area contributed by atoms with Crippen molar-refractivity contribution in [3.05, 3.63) is 70.3 Å². The van der Waals surface area contributed by atoms with Crippen LogP contribution in [-0.2, 0) is 4.79 Å². The van der Waals surface area contributed by atoms with Gasteiger partial charge in [-0.25, -0.2) is 4.79 Å². The lowest BCUT2D eigenvalue weighted by atomic mass is 10.1. The van der Waals surface area contributed by atoms with Gasteiger partial charge in [-0.15, -0.1) is 0 Å². The van der Waals surface area contributed by atoms with E-state index in [4.69, 9.17) is 10.5 Å². The van der Waals surface area contributed by atoms with Crippen molar-refractivity contribution in [3.63, 3.8) is 0 Å². The molecule has 0 heterocycles. The predicted molar refractivity (Wildman–Crippen MR) is 90.3 cm³/mol. The van der Waals surface area contributed by atoms with E-state index in [0.29, 0.717) is 11.3 Å². The maximum absolute atomic E-state index is 12.0. The van der Waals surface area contributed by atoms with Crippen molar-refractivity contribution in [2.24, 2.45) is 5.73 Å². The monoisotopic (exact) mass is 309 g/mol. The molecule has 0 aliphatic heterocycles. The van der Waals surface area contributed by atoms with Crippen LogP contribution in [0.4, 0.5) is 0 Å². The Hall–Kier alpha value is -2.88. The summed E-state index contributed by atoms with van der Waals surface area (Å²) in [6, 6.07) is 10.7. The number of nitrogens with two attached hydrogens (primary N) is 1. The molecule has 1 amide bonds. The summed E-state index contributed by atoms with van der Waals surface area (Å²) < 4.78 is 5.29. The lowest BCUT2D eigenvalue weighted by Crippen LogP contribution is -2.12. The molecule has 23 heavy (non-hydrogen) atoms. The van der Waals surface area contributed by atoms with Gasteiger partial charge in [0.15, 0.2) is 0 Å². The van der Waals surface area contributed by atoms with E-state index in [1.165, 1.54) is 17.7 Å². The van der Waals surface area contributed by atoms with Gasteiger partial charge < -0.3 is 10.5 Å². The summed E-state index contributed by atoms with van der Waals surface area (Å²) in [5, 5.41) is 0. The average molecular weight is 309 g/mol. The van der Waals surface area contributed by atoms with Crippen LogP contribution < -0.4 is 10.5 Å². The van der Waals surface area contributed by atoms with Crippen LogP contribution in [0.5, 0.6) is 5.75 Å². The first-order valence-electron chi connectivity index (χ1n) is 7.24. The van der Waals surface area contributed by atoms with E-state index in [1.807, 2.05) is 32.0 Å². The summed E-state index contributed by atoms with van der Waals surface area (Å²) in [6.45, 7) is 5.79. The van der Waals surface area contributed by atoms with Crippen molar-refractivity contribution in [3.8, 4) is 5.75 Å². The van der Waals surface area contributed by atoms with E-state index in [0.717, 1.165) is 16.7 Å². The lowest BCUT2D eigenvalue weighted by molar-refractivity contribution is -0.128. The standard InChI is InChI=1S/C19H19NO3/c1-12-4-6-15(14(3)10-12)8-9-18(21)23-17-11-16(19(20)22)7-5-13(17)2/h4-11H,1-3H3,(H2,20,22)/b9-8+. The molecule has 0 aliphatic carbocycles. The van der Waals surface area contributed by atoms with Crippen LogP contribution in [0.15, 0.2) is 42.5 Å². The van der Waals surface area contributed by atoms with E-state index < -0.39 is 11.9 Å². The van der Waals surface area contributed by atoms with Crippen LogP contribution in [-0.4, -0.2) is 11.9 Å². The fraction of sp³-hybridized carbons (Fsp3) is 0.158. The second kappa shape index (κ2) is 6.92. The van der Waals surface area contributed by atoms with E-state index in [9.17, 15) is 9.59 Å². The fourth-order valence-corrected chi connectivity index (χ4v) is 2.18. The molecule has 0 saturated heterocycles. The number of carbonyl (C=O) groups is 2. The molecular formula is C19H19NO3. The minimum atomic E-state index is -0.562. The second-order valence-corrected chi connectivity index (χ2v) is 5.46. The number of aryl methyl sites for hydroxylation is 3. The number of carbonyl (C=O) groups excluding carboxylic acids is 2. The van der Waals surface area contributed by atoms with Gasteiger partial charge in [-0.05, 0) is 55.7 Å². The zero-order valence-corrected chi connectivity index (χ0v) is 13.4. The van der Waals surface area contributed by atoms with Gasteiger partial charge >= 0.3 is 5.97 Å². The number of hydrogen-bond acceptors (Lipinski definition) is 3. The van der Waals surface area contributed by atoms with Crippen LogP contribution in [0.2, 0.25) is 0 Å². The van der Waals surface area contributed by atoms with Gasteiger partial charge in [0.05, 0.1) is 0 Å². The van der Waals surface area contributed by atoms with Crippen molar-refractivity contribution >= 4 is 18.0 Å². The maximum atomic E-state index is 12.0. The number of rotatable bonds is 4. The Kier molecular flexibility index (Phi) is 4.96. The van der Waals surface area contributed by atoms with E-state index >= 15 is 0 Å². The van der Waals surface area contributed by atoms with Crippen molar-refractivity contribution in [1.82, 2.24) is 0 Å². The summed E-state index contributed by atoms with van der Waals surface area (Å²) in [6.07, 6.45) is 3.08. The summed E-state index contributed by atoms with van der Waals surface area (Å²) in [5.74, 6) is -0.737. The number of esters is 1. The zero-order valence-electron chi connectivity index (χ0n) is 13.4. The van der Waals surface area contributed by atoms with Gasteiger partial charge in [0, 0.05) is 11.6 Å². The first-order chi connectivity index (χ1) is 10.9. The summed E-state index contributed by atoms with van der Waals surface area (Å²) in [4.78, 5) is 23.2. The third-order valence-electron chi connectivity index (χ3n) is 3.51. The number of benzene rings is 2. The van der Waals surface area contributed by atoms with E-state index in [-0.39, 0.29) is 0 Å². The molecule has 4 heteroatoms. The van der Waals surface area contributed by atoms with Crippen molar-refractivity contribution in [2.45, 2.75) is 20.8 Å². The highest BCUT2D eigenvalue weighted by Gasteiger charge is 2.08. The third-order valence-corrected chi connectivity index (χ3v) is 3.51. The number of ether oxygens (including phenoxy) is 1. The summed E-state index contributed by atoms with van der Waals surface area (Å²) in [5.41, 5.74) is 9.49. The Morgan fingerprint density at radius 1 is 1.00 bits per heavy atom. The SMILES string of the molecule is Cc1ccc(/C=C/C(=O)Oc2cc(C(N)=O)ccc2C)c(C)c1. The molecule has 2 aromatic rings. The average Bonchev–Trinajstić information content (AvgIpc) is 2.48. The van der Waals surface area contributed by atoms with Crippen molar-refractivity contribution in [2.75, 3.05) is 0 Å². The normalized spacial score (nSPS) is 10.7. The van der Waals surface area contributed by atoms with Crippen molar-refractivity contribution < 1.29 is 14.3 Å². The molecule has 0 saturated carbocycles. The first kappa shape index (κ1) is 16.5. The highest BCUT2D eigenvalue weighted by molar-refractivity contribution is 5.94. The Bertz CT molecular complexity index is 791. The smallest absolute Gasteiger partial charge is 0.336 e. The minimum absolute atomic E-state index is 0.303. The molecule has 0 aromatic heterocycles. The van der Waals surface area contributed by atoms with Crippen LogP contribution >= 0.6 is 0 Å². The molecular weight excluding hydrogens is 290 g/mol. The van der Waals surface area contributed by atoms with Gasteiger partial charge in [0.1, 0.15) is 5.75 Å². The number of amides is 1. The molecule has 2 rings (SSSR count). The Labute approximate surface area is 135 Å². The lowest BCUT2D eigenvalue weighted by Gasteiger charge is -2.07. The first-order valence-corrected chi connectivity index (χ1v) is 7.24. The molecule has 0 bridgehead atoms. The topological polar surface area (TPSA) is 69.4 Å². The molecule has 0 unspecified atom stereocenters. The van der Waals surface area contributed by atoms with Crippen LogP contribution in [0, 0.1) is 20.8 Å². The number of hydrogen-bond donors (Lipinski definition) is 1. The molecule has 0 spiro atoms. The number of primary amides is 1. The molecule has 0 radical (unpaired) electrons. The van der Waals surface area contributed by atoms with Crippen LogP contribution in [0.1, 0.15) is 32.6 Å². The van der Waals surface area contributed by atoms with E-state index in [1.54, 1.807) is 25.1 Å². The zero-order chi connectivity index (χ0) is 17.0. The highest BCUT2D eigenvalue weighted by Crippen LogP contribution is 2.20. The Morgan fingerprint density at radius 2 is 1.74 bits per heavy atom. The molecule has 4 nitrogen and oxygen atoms in total. The molecule has 118 valence electrons.